The van der Waals surface area contributed by atoms with Crippen molar-refractivity contribution in [2.45, 2.75) is 19.2 Å². The van der Waals surface area contributed by atoms with Crippen LogP contribution in [0, 0.1) is 0 Å². The molecule has 0 saturated carbocycles. The maximum absolute atomic E-state index is 12.7. The summed E-state index contributed by atoms with van der Waals surface area (Å²) in [6.07, 6.45) is 0. The number of benzene rings is 2. The Balaban J connectivity index is 1.70. The second kappa shape index (κ2) is 10.9. The highest BCUT2D eigenvalue weighted by Crippen LogP contribution is 2.26. The molecule has 8 heteroatoms. The predicted molar refractivity (Wildman–Crippen MR) is 111 cm³/mol. The van der Waals surface area contributed by atoms with Crippen molar-refractivity contribution in [1.29, 1.82) is 0 Å². The number of alkyl halides is 2. The van der Waals surface area contributed by atoms with Gasteiger partial charge in [0, 0.05) is 42.3 Å². The molecule has 2 aromatic carbocycles. The summed E-state index contributed by atoms with van der Waals surface area (Å²) in [5.74, 6) is 0.994. The second-order valence-electron chi connectivity index (χ2n) is 6.70. The smallest absolute Gasteiger partial charge is 0.387 e. The fourth-order valence-corrected chi connectivity index (χ4v) is 3.82. The first-order chi connectivity index (χ1) is 14.1. The van der Waals surface area contributed by atoms with Crippen LogP contribution >= 0.6 is 15.9 Å². The fourth-order valence-electron chi connectivity index (χ4n) is 3.41. The van der Waals surface area contributed by atoms with E-state index in [1.54, 1.807) is 25.3 Å². The van der Waals surface area contributed by atoms with E-state index in [0.717, 1.165) is 23.3 Å². The molecule has 0 amide bonds. The minimum Gasteiger partial charge on any atom is -0.497 e. The van der Waals surface area contributed by atoms with E-state index < -0.39 is 6.61 Å². The van der Waals surface area contributed by atoms with Crippen molar-refractivity contribution in [3.8, 4) is 11.5 Å². The first-order valence-electron chi connectivity index (χ1n) is 9.46. The largest absolute Gasteiger partial charge is 0.497 e. The number of halogens is 3. The summed E-state index contributed by atoms with van der Waals surface area (Å²) in [7, 11) is 1.65. The molecule has 1 heterocycles. The first kappa shape index (κ1) is 22.0. The summed E-state index contributed by atoms with van der Waals surface area (Å²) in [6.45, 7) is 1.31. The second-order valence-corrected chi connectivity index (χ2v) is 7.61. The standard InChI is InChI=1S/C21H25BrF2N2O3/c1-27-18-5-2-15(3-6-18)19(26-8-10-28-11-9-26)14-25-13-16-12-17(22)4-7-20(16)29-21(23)24/h2-7,12,19,21,25H,8-11,13-14H2,1H3/t19-/m0/s1. The number of methoxy groups -OCH3 is 1. The molecule has 0 unspecified atom stereocenters. The van der Waals surface area contributed by atoms with Gasteiger partial charge in [-0.3, -0.25) is 4.90 Å². The topological polar surface area (TPSA) is 43.0 Å². The summed E-state index contributed by atoms with van der Waals surface area (Å²) in [5, 5.41) is 3.41. The van der Waals surface area contributed by atoms with Gasteiger partial charge in [0.15, 0.2) is 0 Å². The number of ether oxygens (including phenoxy) is 3. The molecule has 1 atom stereocenters. The lowest BCUT2D eigenvalue weighted by Gasteiger charge is -2.35. The van der Waals surface area contributed by atoms with Gasteiger partial charge in [0.2, 0.25) is 0 Å². The van der Waals surface area contributed by atoms with Crippen LogP contribution < -0.4 is 14.8 Å². The van der Waals surface area contributed by atoms with Crippen molar-refractivity contribution in [2.24, 2.45) is 0 Å². The number of hydrogen-bond donors (Lipinski definition) is 1. The minimum atomic E-state index is -2.85. The van der Waals surface area contributed by atoms with Gasteiger partial charge in [0.25, 0.3) is 0 Å². The Hall–Kier alpha value is -1.74. The van der Waals surface area contributed by atoms with Crippen molar-refractivity contribution in [3.05, 3.63) is 58.1 Å². The Kier molecular flexibility index (Phi) is 8.23. The molecule has 1 N–H and O–H groups in total. The number of morpholine rings is 1. The van der Waals surface area contributed by atoms with Gasteiger partial charge in [-0.25, -0.2) is 0 Å². The predicted octanol–water partition coefficient (Wildman–Crippen LogP) is 4.22. The molecule has 0 spiro atoms. The fraction of sp³-hybridized carbons (Fsp3) is 0.429. The van der Waals surface area contributed by atoms with Crippen molar-refractivity contribution in [3.63, 3.8) is 0 Å². The Morgan fingerprint density at radius 1 is 1.14 bits per heavy atom. The highest BCUT2D eigenvalue weighted by atomic mass is 79.9. The van der Waals surface area contributed by atoms with Gasteiger partial charge < -0.3 is 19.5 Å². The van der Waals surface area contributed by atoms with Gasteiger partial charge in [0.05, 0.1) is 20.3 Å². The highest BCUT2D eigenvalue weighted by molar-refractivity contribution is 9.10. The number of nitrogens with one attached hydrogen (secondary N) is 1. The average molecular weight is 471 g/mol. The van der Waals surface area contributed by atoms with Crippen LogP contribution in [0.15, 0.2) is 46.9 Å². The SMILES string of the molecule is COc1ccc([C@H](CNCc2cc(Br)ccc2OC(F)F)N2CCOCC2)cc1. The summed E-state index contributed by atoms with van der Waals surface area (Å²) in [5.41, 5.74) is 1.84. The maximum atomic E-state index is 12.7. The molecular weight excluding hydrogens is 446 g/mol. The third-order valence-corrected chi connectivity index (χ3v) is 5.37. The number of nitrogens with zero attached hydrogens (tertiary/aromatic N) is 1. The maximum Gasteiger partial charge on any atom is 0.387 e. The molecule has 29 heavy (non-hydrogen) atoms. The number of hydrogen-bond acceptors (Lipinski definition) is 5. The first-order valence-corrected chi connectivity index (χ1v) is 10.3. The van der Waals surface area contributed by atoms with E-state index in [4.69, 9.17) is 9.47 Å². The lowest BCUT2D eigenvalue weighted by molar-refractivity contribution is -0.0505. The molecule has 3 rings (SSSR count). The zero-order valence-electron chi connectivity index (χ0n) is 16.2. The van der Waals surface area contributed by atoms with Crippen LogP contribution in [0.3, 0.4) is 0 Å². The van der Waals surface area contributed by atoms with Crippen LogP contribution in [0.25, 0.3) is 0 Å². The lowest BCUT2D eigenvalue weighted by Crippen LogP contribution is -2.42. The van der Waals surface area contributed by atoms with Gasteiger partial charge in [-0.2, -0.15) is 8.78 Å². The van der Waals surface area contributed by atoms with Crippen molar-refractivity contribution >= 4 is 15.9 Å². The van der Waals surface area contributed by atoms with Crippen molar-refractivity contribution in [2.75, 3.05) is 40.0 Å². The molecule has 0 aromatic heterocycles. The molecule has 5 nitrogen and oxygen atoms in total. The molecule has 1 saturated heterocycles. The third-order valence-electron chi connectivity index (χ3n) is 4.88. The van der Waals surface area contributed by atoms with E-state index in [1.807, 2.05) is 12.1 Å². The van der Waals surface area contributed by atoms with E-state index in [0.29, 0.717) is 31.9 Å². The summed E-state index contributed by atoms with van der Waals surface area (Å²) >= 11 is 3.39. The number of rotatable bonds is 9. The van der Waals surface area contributed by atoms with Crippen LogP contribution in [0.4, 0.5) is 8.78 Å². The monoisotopic (exact) mass is 470 g/mol. The van der Waals surface area contributed by atoms with E-state index in [9.17, 15) is 8.78 Å². The summed E-state index contributed by atoms with van der Waals surface area (Å²) in [6, 6.07) is 13.2. The van der Waals surface area contributed by atoms with Gasteiger partial charge in [-0.05, 0) is 35.9 Å². The molecule has 1 aliphatic heterocycles. The van der Waals surface area contributed by atoms with E-state index in [-0.39, 0.29) is 11.8 Å². The van der Waals surface area contributed by atoms with Crippen LogP contribution in [0.1, 0.15) is 17.2 Å². The van der Waals surface area contributed by atoms with E-state index in [1.165, 1.54) is 5.56 Å². The lowest BCUT2D eigenvalue weighted by atomic mass is 10.0. The zero-order chi connectivity index (χ0) is 20.6. The van der Waals surface area contributed by atoms with Gasteiger partial charge >= 0.3 is 6.61 Å². The van der Waals surface area contributed by atoms with Crippen LogP contribution in [-0.4, -0.2) is 51.5 Å². The molecule has 0 bridgehead atoms. The quantitative estimate of drug-likeness (QED) is 0.594. The summed E-state index contributed by atoms with van der Waals surface area (Å²) < 4.78 is 41.6. The van der Waals surface area contributed by atoms with Gasteiger partial charge in [-0.15, -0.1) is 0 Å². The normalized spacial score (nSPS) is 16.0. The van der Waals surface area contributed by atoms with Crippen LogP contribution in [0.2, 0.25) is 0 Å². The molecule has 0 aliphatic carbocycles. The molecule has 0 radical (unpaired) electrons. The van der Waals surface area contributed by atoms with Gasteiger partial charge in [-0.1, -0.05) is 28.1 Å². The minimum absolute atomic E-state index is 0.136. The Labute approximate surface area is 178 Å². The van der Waals surface area contributed by atoms with Crippen molar-refractivity contribution < 1.29 is 23.0 Å². The molecule has 1 fully saturated rings. The Morgan fingerprint density at radius 3 is 2.52 bits per heavy atom. The van der Waals surface area contributed by atoms with Gasteiger partial charge in [0.1, 0.15) is 11.5 Å². The van der Waals surface area contributed by atoms with Crippen LogP contribution in [0.5, 0.6) is 11.5 Å². The van der Waals surface area contributed by atoms with E-state index in [2.05, 4.69) is 43.0 Å². The average Bonchev–Trinajstić information content (AvgIpc) is 2.73. The molecule has 158 valence electrons. The zero-order valence-corrected chi connectivity index (χ0v) is 17.8. The third kappa shape index (κ3) is 6.37. The molecule has 2 aromatic rings. The molecule has 1 aliphatic rings. The highest BCUT2D eigenvalue weighted by Gasteiger charge is 2.22. The molecular formula is C21H25BrF2N2O3. The van der Waals surface area contributed by atoms with E-state index >= 15 is 0 Å². The Bertz CT molecular complexity index is 771. The summed E-state index contributed by atoms with van der Waals surface area (Å²) in [4.78, 5) is 2.37. The van der Waals surface area contributed by atoms with Crippen molar-refractivity contribution in [1.82, 2.24) is 10.2 Å². The van der Waals surface area contributed by atoms with Crippen LogP contribution in [-0.2, 0) is 11.3 Å². The Morgan fingerprint density at radius 2 is 1.86 bits per heavy atom.